The summed E-state index contributed by atoms with van der Waals surface area (Å²) in [6, 6.07) is 7.18. The molecule has 4 nitrogen and oxygen atoms in total. The van der Waals surface area contributed by atoms with Crippen molar-refractivity contribution in [2.45, 2.75) is 31.8 Å². The SMILES string of the molecule is O=C1CCN(Cc2ccccc2Cl)C(=O)C(C2CC2)N1. The Balaban J connectivity index is 1.79. The molecule has 1 aliphatic heterocycles. The highest BCUT2D eigenvalue weighted by Gasteiger charge is 2.40. The van der Waals surface area contributed by atoms with E-state index in [1.54, 1.807) is 4.90 Å². The van der Waals surface area contributed by atoms with E-state index < -0.39 is 0 Å². The molecule has 1 heterocycles. The lowest BCUT2D eigenvalue weighted by Gasteiger charge is -2.24. The van der Waals surface area contributed by atoms with Crippen LogP contribution in [0.15, 0.2) is 24.3 Å². The Kier molecular flexibility index (Phi) is 3.66. The molecule has 5 heteroatoms. The number of hydrogen-bond acceptors (Lipinski definition) is 2. The summed E-state index contributed by atoms with van der Waals surface area (Å²) in [5, 5.41) is 3.52. The molecule has 1 saturated carbocycles. The number of benzene rings is 1. The molecule has 1 aromatic rings. The summed E-state index contributed by atoms with van der Waals surface area (Å²) in [5.74, 6) is 0.313. The van der Waals surface area contributed by atoms with Crippen LogP contribution in [-0.4, -0.2) is 29.3 Å². The standard InChI is InChI=1S/C15H17ClN2O2/c16-12-4-2-1-3-11(12)9-18-8-7-13(19)17-14(15(18)20)10-5-6-10/h1-4,10,14H,5-9H2,(H,17,19). The van der Waals surface area contributed by atoms with Crippen LogP contribution in [-0.2, 0) is 16.1 Å². The van der Waals surface area contributed by atoms with Crippen LogP contribution in [0.5, 0.6) is 0 Å². The molecule has 1 unspecified atom stereocenters. The van der Waals surface area contributed by atoms with Gasteiger partial charge < -0.3 is 10.2 Å². The number of halogens is 1. The van der Waals surface area contributed by atoms with Crippen molar-refractivity contribution in [3.05, 3.63) is 34.9 Å². The predicted octanol–water partition coefficient (Wildman–Crippen LogP) is 1.97. The molecule has 3 rings (SSSR count). The number of rotatable bonds is 3. The van der Waals surface area contributed by atoms with Crippen LogP contribution in [0.2, 0.25) is 5.02 Å². The van der Waals surface area contributed by atoms with Crippen molar-refractivity contribution in [1.82, 2.24) is 10.2 Å². The maximum atomic E-state index is 12.6. The van der Waals surface area contributed by atoms with E-state index in [-0.39, 0.29) is 17.9 Å². The van der Waals surface area contributed by atoms with Gasteiger partial charge in [0.15, 0.2) is 0 Å². The summed E-state index contributed by atoms with van der Waals surface area (Å²) < 4.78 is 0. The molecule has 1 atom stereocenters. The van der Waals surface area contributed by atoms with Crippen molar-refractivity contribution >= 4 is 23.4 Å². The van der Waals surface area contributed by atoms with E-state index in [1.165, 1.54) is 0 Å². The Labute approximate surface area is 123 Å². The van der Waals surface area contributed by atoms with Gasteiger partial charge in [0.25, 0.3) is 0 Å². The van der Waals surface area contributed by atoms with Gasteiger partial charge in [-0.15, -0.1) is 0 Å². The third-order valence-electron chi connectivity index (χ3n) is 3.92. The second-order valence-electron chi connectivity index (χ2n) is 5.48. The maximum absolute atomic E-state index is 12.6. The highest BCUT2D eigenvalue weighted by molar-refractivity contribution is 6.31. The van der Waals surface area contributed by atoms with E-state index in [0.29, 0.717) is 30.5 Å². The van der Waals surface area contributed by atoms with E-state index in [9.17, 15) is 9.59 Å². The summed E-state index contributed by atoms with van der Waals surface area (Å²) in [6.45, 7) is 0.926. The van der Waals surface area contributed by atoms with Gasteiger partial charge >= 0.3 is 0 Å². The van der Waals surface area contributed by atoms with Crippen molar-refractivity contribution < 1.29 is 9.59 Å². The Morgan fingerprint density at radius 1 is 1.25 bits per heavy atom. The second-order valence-corrected chi connectivity index (χ2v) is 5.89. The molecule has 0 aromatic heterocycles. The Hall–Kier alpha value is -1.55. The summed E-state index contributed by atoms with van der Waals surface area (Å²) in [4.78, 5) is 26.0. The van der Waals surface area contributed by atoms with Crippen LogP contribution in [0, 0.1) is 5.92 Å². The number of nitrogens with one attached hydrogen (secondary N) is 1. The molecule has 0 radical (unpaired) electrons. The van der Waals surface area contributed by atoms with E-state index in [4.69, 9.17) is 11.6 Å². The van der Waals surface area contributed by atoms with Crippen LogP contribution in [0.1, 0.15) is 24.8 Å². The van der Waals surface area contributed by atoms with Crippen LogP contribution in [0.25, 0.3) is 0 Å². The van der Waals surface area contributed by atoms with Gasteiger partial charge in [0.05, 0.1) is 0 Å². The Morgan fingerprint density at radius 3 is 2.70 bits per heavy atom. The molecule has 1 aromatic carbocycles. The monoisotopic (exact) mass is 292 g/mol. The lowest BCUT2D eigenvalue weighted by Crippen LogP contribution is -2.45. The first-order chi connectivity index (χ1) is 9.65. The van der Waals surface area contributed by atoms with Gasteiger partial charge in [0.1, 0.15) is 6.04 Å². The van der Waals surface area contributed by atoms with Crippen molar-refractivity contribution in [3.63, 3.8) is 0 Å². The molecule has 2 fully saturated rings. The number of carbonyl (C=O) groups is 2. The molecule has 106 valence electrons. The molecule has 0 bridgehead atoms. The molecule has 20 heavy (non-hydrogen) atoms. The van der Waals surface area contributed by atoms with Gasteiger partial charge in [0, 0.05) is 24.5 Å². The maximum Gasteiger partial charge on any atom is 0.245 e. The third kappa shape index (κ3) is 2.80. The molecule has 1 aliphatic carbocycles. The predicted molar refractivity (Wildman–Crippen MR) is 76.1 cm³/mol. The van der Waals surface area contributed by atoms with Crippen LogP contribution < -0.4 is 5.32 Å². The molecular weight excluding hydrogens is 276 g/mol. The number of amides is 2. The van der Waals surface area contributed by atoms with Gasteiger partial charge in [-0.3, -0.25) is 9.59 Å². The minimum absolute atomic E-state index is 0.0262. The lowest BCUT2D eigenvalue weighted by molar-refractivity contribution is -0.134. The average Bonchev–Trinajstić information content (AvgIpc) is 3.26. The molecule has 1 N–H and O–H groups in total. The molecule has 2 amide bonds. The number of nitrogens with zero attached hydrogens (tertiary/aromatic N) is 1. The van der Waals surface area contributed by atoms with Crippen LogP contribution >= 0.6 is 11.6 Å². The van der Waals surface area contributed by atoms with Crippen molar-refractivity contribution in [1.29, 1.82) is 0 Å². The number of hydrogen-bond donors (Lipinski definition) is 1. The normalized spacial score (nSPS) is 23.4. The quantitative estimate of drug-likeness (QED) is 0.926. The van der Waals surface area contributed by atoms with E-state index in [1.807, 2.05) is 24.3 Å². The smallest absolute Gasteiger partial charge is 0.245 e. The van der Waals surface area contributed by atoms with Gasteiger partial charge in [-0.1, -0.05) is 29.8 Å². The molecule has 1 saturated heterocycles. The van der Waals surface area contributed by atoms with E-state index >= 15 is 0 Å². The molecule has 0 spiro atoms. The molecular formula is C15H17ClN2O2. The average molecular weight is 293 g/mol. The first-order valence-electron chi connectivity index (χ1n) is 6.96. The minimum atomic E-state index is -0.340. The van der Waals surface area contributed by atoms with E-state index in [0.717, 1.165) is 18.4 Å². The topological polar surface area (TPSA) is 49.4 Å². The van der Waals surface area contributed by atoms with Gasteiger partial charge in [-0.05, 0) is 30.4 Å². The third-order valence-corrected chi connectivity index (χ3v) is 4.28. The van der Waals surface area contributed by atoms with Crippen molar-refractivity contribution in [2.75, 3.05) is 6.54 Å². The van der Waals surface area contributed by atoms with Crippen LogP contribution in [0.4, 0.5) is 0 Å². The lowest BCUT2D eigenvalue weighted by atomic mass is 10.1. The van der Waals surface area contributed by atoms with Gasteiger partial charge in [-0.2, -0.15) is 0 Å². The largest absolute Gasteiger partial charge is 0.344 e. The zero-order valence-corrected chi connectivity index (χ0v) is 11.9. The summed E-state index contributed by atoms with van der Waals surface area (Å²) in [5.41, 5.74) is 0.923. The first kappa shape index (κ1) is 13.4. The van der Waals surface area contributed by atoms with Crippen molar-refractivity contribution in [3.8, 4) is 0 Å². The fourth-order valence-electron chi connectivity index (χ4n) is 2.59. The highest BCUT2D eigenvalue weighted by Crippen LogP contribution is 2.34. The summed E-state index contributed by atoms with van der Waals surface area (Å²) in [7, 11) is 0. The zero-order chi connectivity index (χ0) is 14.1. The fourth-order valence-corrected chi connectivity index (χ4v) is 2.78. The molecule has 2 aliphatic rings. The van der Waals surface area contributed by atoms with Crippen molar-refractivity contribution in [2.24, 2.45) is 5.92 Å². The van der Waals surface area contributed by atoms with Crippen LogP contribution in [0.3, 0.4) is 0 Å². The fraction of sp³-hybridized carbons (Fsp3) is 0.467. The number of carbonyl (C=O) groups excluding carboxylic acids is 2. The summed E-state index contributed by atoms with van der Waals surface area (Å²) >= 11 is 6.15. The Morgan fingerprint density at radius 2 is 2.00 bits per heavy atom. The highest BCUT2D eigenvalue weighted by atomic mass is 35.5. The first-order valence-corrected chi connectivity index (χ1v) is 7.34. The zero-order valence-electron chi connectivity index (χ0n) is 11.1. The van der Waals surface area contributed by atoms with E-state index in [2.05, 4.69) is 5.32 Å². The minimum Gasteiger partial charge on any atom is -0.344 e. The van der Waals surface area contributed by atoms with Gasteiger partial charge in [0.2, 0.25) is 11.8 Å². The Bertz CT molecular complexity index is 542. The van der Waals surface area contributed by atoms with Gasteiger partial charge in [-0.25, -0.2) is 0 Å². The second kappa shape index (κ2) is 5.44. The summed E-state index contributed by atoms with van der Waals surface area (Å²) in [6.07, 6.45) is 2.41.